The Bertz CT molecular complexity index is 520. The summed E-state index contributed by atoms with van der Waals surface area (Å²) in [7, 11) is 0. The second-order valence-corrected chi connectivity index (χ2v) is 3.62. The van der Waals surface area contributed by atoms with Crippen LogP contribution in [0.5, 0.6) is 0 Å². The van der Waals surface area contributed by atoms with Crippen LogP contribution in [0, 0.1) is 12.1 Å². The minimum atomic E-state index is -0.290. The van der Waals surface area contributed by atoms with Gasteiger partial charge >= 0.3 is 0 Å². The predicted molar refractivity (Wildman–Crippen MR) is 62.3 cm³/mol. The first-order valence-corrected chi connectivity index (χ1v) is 5.08. The van der Waals surface area contributed by atoms with Crippen molar-refractivity contribution in [2.75, 3.05) is 5.32 Å². The highest BCUT2D eigenvalue weighted by Gasteiger charge is 2.07. The summed E-state index contributed by atoms with van der Waals surface area (Å²) in [5.74, 6) is 0.196. The van der Waals surface area contributed by atoms with E-state index >= 15 is 0 Å². The number of hydrogen-bond donors (Lipinski definition) is 1. The molecule has 5 heteroatoms. The van der Waals surface area contributed by atoms with Crippen LogP contribution >= 0.6 is 0 Å². The van der Waals surface area contributed by atoms with Crippen molar-refractivity contribution in [1.82, 2.24) is 4.98 Å². The molecule has 0 aliphatic rings. The summed E-state index contributed by atoms with van der Waals surface area (Å²) in [6.45, 7) is 1.92. The van der Waals surface area contributed by atoms with Gasteiger partial charge in [0.15, 0.2) is 12.4 Å². The van der Waals surface area contributed by atoms with Crippen LogP contribution in [-0.2, 0) is 0 Å². The fraction of sp³-hybridized carbons (Fsp3) is 0.0833. The third-order valence-electron chi connectivity index (χ3n) is 2.22. The number of rotatable bonds is 2. The van der Waals surface area contributed by atoms with Gasteiger partial charge in [-0.05, 0) is 18.6 Å². The quantitative estimate of drug-likeness (QED) is 0.623. The molecule has 2 aromatic rings. The molecular weight excluding hydrogens is 218 g/mol. The number of carbonyl (C=O) groups excluding carboxylic acids is 1. The Labute approximate surface area is 98.3 Å². The second kappa shape index (κ2) is 4.61. The molecule has 0 fully saturated rings. The summed E-state index contributed by atoms with van der Waals surface area (Å²) < 4.78 is 0.626. The summed E-state index contributed by atoms with van der Waals surface area (Å²) in [5.41, 5.74) is 1.44. The Morgan fingerprint density at radius 3 is 2.59 bits per heavy atom. The Kier molecular flexibility index (Phi) is 3.00. The van der Waals surface area contributed by atoms with Gasteiger partial charge in [0.2, 0.25) is 0 Å². The number of pyridine rings is 2. The molecule has 0 atom stereocenters. The number of amides is 1. The molecule has 0 aliphatic carbocycles. The van der Waals surface area contributed by atoms with Crippen LogP contribution in [0.3, 0.4) is 0 Å². The fourth-order valence-corrected chi connectivity index (χ4v) is 1.29. The maximum Gasteiger partial charge on any atom is 0.257 e. The van der Waals surface area contributed by atoms with Crippen molar-refractivity contribution in [3.05, 3.63) is 59.2 Å². The van der Waals surface area contributed by atoms with Crippen molar-refractivity contribution >= 4 is 11.7 Å². The first-order valence-electron chi connectivity index (χ1n) is 5.08. The lowest BCUT2D eigenvalue weighted by Gasteiger charge is -2.04. The molecule has 5 nitrogen and oxygen atoms in total. The summed E-state index contributed by atoms with van der Waals surface area (Å²) in [6, 6.07) is 6.50. The smallest absolute Gasteiger partial charge is 0.257 e. The van der Waals surface area contributed by atoms with Gasteiger partial charge in [-0.25, -0.2) is 4.98 Å². The molecule has 0 spiro atoms. The Hall–Kier alpha value is -2.43. The maximum atomic E-state index is 11.7. The molecule has 17 heavy (non-hydrogen) atoms. The van der Waals surface area contributed by atoms with Crippen LogP contribution in [0.2, 0.25) is 0 Å². The monoisotopic (exact) mass is 229 g/mol. The van der Waals surface area contributed by atoms with Gasteiger partial charge in [-0.1, -0.05) is 6.07 Å². The van der Waals surface area contributed by atoms with Gasteiger partial charge < -0.3 is 10.5 Å². The predicted octanol–water partition coefficient (Wildman–Crippen LogP) is 1.28. The lowest BCUT2D eigenvalue weighted by molar-refractivity contribution is -0.605. The molecule has 2 heterocycles. The van der Waals surface area contributed by atoms with Gasteiger partial charge in [-0.3, -0.25) is 4.79 Å². The van der Waals surface area contributed by atoms with E-state index in [-0.39, 0.29) is 5.91 Å². The highest BCUT2D eigenvalue weighted by molar-refractivity contribution is 6.03. The number of aryl methyl sites for hydroxylation is 1. The topological polar surface area (TPSA) is 68.9 Å². The minimum Gasteiger partial charge on any atom is -0.619 e. The van der Waals surface area contributed by atoms with E-state index in [1.54, 1.807) is 12.3 Å². The van der Waals surface area contributed by atoms with Crippen LogP contribution in [0.1, 0.15) is 15.9 Å². The summed E-state index contributed by atoms with van der Waals surface area (Å²) in [6.07, 6.45) is 4.22. The van der Waals surface area contributed by atoms with Crippen molar-refractivity contribution < 1.29 is 9.52 Å². The van der Waals surface area contributed by atoms with Gasteiger partial charge in [0.1, 0.15) is 5.82 Å². The van der Waals surface area contributed by atoms with E-state index in [0.29, 0.717) is 16.1 Å². The molecular formula is C12H11N3O2. The third-order valence-corrected chi connectivity index (χ3v) is 2.22. The van der Waals surface area contributed by atoms with E-state index in [4.69, 9.17) is 0 Å². The second-order valence-electron chi connectivity index (χ2n) is 3.62. The van der Waals surface area contributed by atoms with Gasteiger partial charge in [-0.15, -0.1) is 0 Å². The van der Waals surface area contributed by atoms with Crippen molar-refractivity contribution in [2.45, 2.75) is 6.92 Å². The molecule has 0 radical (unpaired) electrons. The fourth-order valence-electron chi connectivity index (χ4n) is 1.29. The molecule has 0 bridgehead atoms. The number of nitrogens with one attached hydrogen (secondary N) is 1. The lowest BCUT2D eigenvalue weighted by Crippen LogP contribution is -2.25. The summed E-state index contributed by atoms with van der Waals surface area (Å²) >= 11 is 0. The molecule has 0 aromatic carbocycles. The average molecular weight is 229 g/mol. The molecule has 0 aliphatic heterocycles. The van der Waals surface area contributed by atoms with E-state index in [0.717, 1.165) is 5.56 Å². The first-order chi connectivity index (χ1) is 8.15. The largest absolute Gasteiger partial charge is 0.619 e. The molecule has 0 saturated heterocycles. The zero-order valence-corrected chi connectivity index (χ0v) is 9.25. The standard InChI is InChI=1S/C12H11N3O2/c1-9-2-3-11(13-8-9)14-12(16)10-4-6-15(17)7-5-10/h2-8H,1H3,(H,13,14,16). The van der Waals surface area contributed by atoms with E-state index in [2.05, 4.69) is 10.3 Å². The SMILES string of the molecule is Cc1ccc(NC(=O)c2cc[n+]([O-])cc2)nc1. The average Bonchev–Trinajstić information content (AvgIpc) is 2.33. The highest BCUT2D eigenvalue weighted by atomic mass is 16.5. The lowest BCUT2D eigenvalue weighted by atomic mass is 10.2. The third kappa shape index (κ3) is 2.78. The molecule has 1 amide bonds. The number of anilines is 1. The number of hydrogen-bond acceptors (Lipinski definition) is 3. The Balaban J connectivity index is 2.11. The van der Waals surface area contributed by atoms with Crippen LogP contribution in [0.25, 0.3) is 0 Å². The van der Waals surface area contributed by atoms with Crippen LogP contribution in [0.4, 0.5) is 5.82 Å². The number of aromatic nitrogens is 2. The maximum absolute atomic E-state index is 11.7. The van der Waals surface area contributed by atoms with E-state index in [9.17, 15) is 10.0 Å². The van der Waals surface area contributed by atoms with E-state index < -0.39 is 0 Å². The normalized spacial score (nSPS) is 9.94. The molecule has 2 rings (SSSR count). The Morgan fingerprint density at radius 2 is 2.00 bits per heavy atom. The molecule has 86 valence electrons. The van der Waals surface area contributed by atoms with E-state index in [1.165, 1.54) is 24.5 Å². The number of carbonyl (C=O) groups is 1. The first kappa shape index (κ1) is 11.1. The highest BCUT2D eigenvalue weighted by Crippen LogP contribution is 2.06. The van der Waals surface area contributed by atoms with Gasteiger partial charge in [0, 0.05) is 18.3 Å². The number of nitrogens with zero attached hydrogens (tertiary/aromatic N) is 2. The summed E-state index contributed by atoms with van der Waals surface area (Å²) in [5, 5.41) is 13.5. The Morgan fingerprint density at radius 1 is 1.29 bits per heavy atom. The van der Waals surface area contributed by atoms with Crippen molar-refractivity contribution in [1.29, 1.82) is 0 Å². The zero-order chi connectivity index (χ0) is 12.3. The van der Waals surface area contributed by atoms with Gasteiger partial charge in [0.25, 0.3) is 5.91 Å². The van der Waals surface area contributed by atoms with Crippen molar-refractivity contribution in [3.63, 3.8) is 0 Å². The van der Waals surface area contributed by atoms with Crippen molar-refractivity contribution in [3.8, 4) is 0 Å². The molecule has 1 N–H and O–H groups in total. The van der Waals surface area contributed by atoms with Crippen LogP contribution in [0.15, 0.2) is 42.9 Å². The van der Waals surface area contributed by atoms with Crippen molar-refractivity contribution in [2.24, 2.45) is 0 Å². The van der Waals surface area contributed by atoms with Crippen LogP contribution < -0.4 is 10.0 Å². The van der Waals surface area contributed by atoms with Gasteiger partial charge in [0.05, 0.1) is 5.56 Å². The van der Waals surface area contributed by atoms with E-state index in [1.807, 2.05) is 13.0 Å². The molecule has 2 aromatic heterocycles. The minimum absolute atomic E-state index is 0.290. The van der Waals surface area contributed by atoms with Crippen LogP contribution in [-0.4, -0.2) is 10.9 Å². The molecule has 0 saturated carbocycles. The molecule has 0 unspecified atom stereocenters. The zero-order valence-electron chi connectivity index (χ0n) is 9.25. The summed E-state index contributed by atoms with van der Waals surface area (Å²) in [4.78, 5) is 15.8. The van der Waals surface area contributed by atoms with Gasteiger partial charge in [-0.2, -0.15) is 4.73 Å².